The fourth-order valence-electron chi connectivity index (χ4n) is 3.09. The van der Waals surface area contributed by atoms with E-state index in [1.165, 1.54) is 5.56 Å². The number of pyridine rings is 1. The molecule has 1 unspecified atom stereocenters. The van der Waals surface area contributed by atoms with Crippen molar-refractivity contribution in [1.29, 1.82) is 0 Å². The predicted octanol–water partition coefficient (Wildman–Crippen LogP) is 0.809. The SMILES string of the molecule is Nc1ccc(CC2CCOC2)c(CN2CC[C@@H](O)C2)n1. The Balaban J connectivity index is 1.71. The number of ether oxygens (including phenoxy) is 1. The van der Waals surface area contributed by atoms with Crippen molar-refractivity contribution < 1.29 is 9.84 Å². The fraction of sp³-hybridized carbons (Fsp3) is 0.667. The second kappa shape index (κ2) is 6.08. The quantitative estimate of drug-likeness (QED) is 0.852. The molecule has 0 saturated carbocycles. The Bertz CT molecular complexity index is 460. The van der Waals surface area contributed by atoms with Crippen molar-refractivity contribution in [2.75, 3.05) is 32.0 Å². The van der Waals surface area contributed by atoms with Crippen LogP contribution < -0.4 is 5.73 Å². The van der Waals surface area contributed by atoms with Gasteiger partial charge in [0.15, 0.2) is 0 Å². The molecule has 2 fully saturated rings. The molecule has 2 atom stereocenters. The van der Waals surface area contributed by atoms with Crippen LogP contribution in [-0.4, -0.2) is 47.4 Å². The van der Waals surface area contributed by atoms with Gasteiger partial charge in [-0.3, -0.25) is 4.90 Å². The molecular weight excluding hydrogens is 254 g/mol. The van der Waals surface area contributed by atoms with Crippen molar-refractivity contribution in [1.82, 2.24) is 9.88 Å². The van der Waals surface area contributed by atoms with E-state index in [9.17, 15) is 5.11 Å². The predicted molar refractivity (Wildman–Crippen MR) is 77.2 cm³/mol. The van der Waals surface area contributed by atoms with E-state index in [0.29, 0.717) is 11.7 Å². The Morgan fingerprint density at radius 1 is 1.40 bits per heavy atom. The lowest BCUT2D eigenvalue weighted by Gasteiger charge is -2.18. The number of anilines is 1. The lowest BCUT2D eigenvalue weighted by molar-refractivity contribution is 0.174. The van der Waals surface area contributed by atoms with Gasteiger partial charge < -0.3 is 15.6 Å². The molecule has 0 bridgehead atoms. The third kappa shape index (κ3) is 3.29. The molecule has 0 spiro atoms. The van der Waals surface area contributed by atoms with Gasteiger partial charge in [0.05, 0.1) is 11.8 Å². The first kappa shape index (κ1) is 13.8. The van der Waals surface area contributed by atoms with E-state index in [1.807, 2.05) is 6.07 Å². The summed E-state index contributed by atoms with van der Waals surface area (Å²) in [5.74, 6) is 1.18. The summed E-state index contributed by atoms with van der Waals surface area (Å²) >= 11 is 0. The smallest absolute Gasteiger partial charge is 0.123 e. The van der Waals surface area contributed by atoms with E-state index >= 15 is 0 Å². The summed E-state index contributed by atoms with van der Waals surface area (Å²) in [5, 5.41) is 9.63. The molecule has 20 heavy (non-hydrogen) atoms. The molecule has 0 amide bonds. The first-order chi connectivity index (χ1) is 9.70. The monoisotopic (exact) mass is 277 g/mol. The number of nitrogens with two attached hydrogens (primary N) is 1. The molecule has 0 aromatic carbocycles. The maximum Gasteiger partial charge on any atom is 0.123 e. The Morgan fingerprint density at radius 2 is 2.30 bits per heavy atom. The number of hydrogen-bond donors (Lipinski definition) is 2. The van der Waals surface area contributed by atoms with E-state index in [2.05, 4.69) is 16.0 Å². The highest BCUT2D eigenvalue weighted by atomic mass is 16.5. The maximum atomic E-state index is 9.63. The third-order valence-corrected chi connectivity index (χ3v) is 4.24. The molecule has 5 heteroatoms. The van der Waals surface area contributed by atoms with Gasteiger partial charge in [-0.1, -0.05) is 6.07 Å². The van der Waals surface area contributed by atoms with Crippen LogP contribution in [0.4, 0.5) is 5.82 Å². The molecule has 2 aliphatic heterocycles. The van der Waals surface area contributed by atoms with Crippen LogP contribution in [0.5, 0.6) is 0 Å². The molecule has 110 valence electrons. The molecule has 1 aromatic rings. The molecule has 5 nitrogen and oxygen atoms in total. The van der Waals surface area contributed by atoms with Crippen LogP contribution in [0.1, 0.15) is 24.1 Å². The van der Waals surface area contributed by atoms with E-state index < -0.39 is 0 Å². The number of aliphatic hydroxyl groups excluding tert-OH is 1. The first-order valence-electron chi connectivity index (χ1n) is 7.43. The van der Waals surface area contributed by atoms with Crippen molar-refractivity contribution >= 4 is 5.82 Å². The molecule has 0 aliphatic carbocycles. The van der Waals surface area contributed by atoms with Gasteiger partial charge in [-0.15, -0.1) is 0 Å². The van der Waals surface area contributed by atoms with E-state index in [-0.39, 0.29) is 6.10 Å². The summed E-state index contributed by atoms with van der Waals surface area (Å²) in [6.07, 6.45) is 2.81. The number of β-amino-alcohol motifs (C(OH)–C–C–N with tert-alkyl or cyclic N) is 1. The zero-order valence-corrected chi connectivity index (χ0v) is 11.8. The molecule has 0 radical (unpaired) electrons. The molecule has 2 aliphatic rings. The number of hydrogen-bond acceptors (Lipinski definition) is 5. The van der Waals surface area contributed by atoms with Crippen molar-refractivity contribution in [2.24, 2.45) is 5.92 Å². The average molecular weight is 277 g/mol. The van der Waals surface area contributed by atoms with Crippen LogP contribution in [0.3, 0.4) is 0 Å². The van der Waals surface area contributed by atoms with Gasteiger partial charge in [0.25, 0.3) is 0 Å². The second-order valence-electron chi connectivity index (χ2n) is 5.95. The minimum absolute atomic E-state index is 0.192. The zero-order valence-electron chi connectivity index (χ0n) is 11.8. The summed E-state index contributed by atoms with van der Waals surface area (Å²) in [4.78, 5) is 6.77. The average Bonchev–Trinajstić information content (AvgIpc) is 3.05. The van der Waals surface area contributed by atoms with Gasteiger partial charge in [-0.05, 0) is 36.8 Å². The summed E-state index contributed by atoms with van der Waals surface area (Å²) in [6.45, 7) is 4.18. The van der Waals surface area contributed by atoms with E-state index in [0.717, 1.165) is 57.8 Å². The van der Waals surface area contributed by atoms with Crippen LogP contribution in [0.25, 0.3) is 0 Å². The number of nitrogen functional groups attached to an aromatic ring is 1. The van der Waals surface area contributed by atoms with E-state index in [1.54, 1.807) is 0 Å². The minimum Gasteiger partial charge on any atom is -0.392 e. The Morgan fingerprint density at radius 3 is 3.00 bits per heavy atom. The second-order valence-corrected chi connectivity index (χ2v) is 5.95. The molecule has 3 heterocycles. The Hall–Kier alpha value is -1.17. The van der Waals surface area contributed by atoms with Crippen LogP contribution in [0.2, 0.25) is 0 Å². The van der Waals surface area contributed by atoms with Crippen LogP contribution in [-0.2, 0) is 17.7 Å². The molecule has 1 aromatic heterocycles. The van der Waals surface area contributed by atoms with Crippen LogP contribution in [0.15, 0.2) is 12.1 Å². The highest BCUT2D eigenvalue weighted by Gasteiger charge is 2.23. The van der Waals surface area contributed by atoms with Gasteiger partial charge in [-0.25, -0.2) is 4.98 Å². The molecule has 3 N–H and O–H groups in total. The number of aliphatic hydroxyl groups is 1. The van der Waals surface area contributed by atoms with Crippen molar-refractivity contribution in [2.45, 2.75) is 31.9 Å². The van der Waals surface area contributed by atoms with Crippen molar-refractivity contribution in [3.63, 3.8) is 0 Å². The normalized spacial score (nSPS) is 27.2. The minimum atomic E-state index is -0.192. The topological polar surface area (TPSA) is 71.6 Å². The summed E-state index contributed by atoms with van der Waals surface area (Å²) < 4.78 is 5.45. The number of nitrogens with zero attached hydrogens (tertiary/aromatic N) is 2. The highest BCUT2D eigenvalue weighted by molar-refractivity contribution is 5.34. The summed E-state index contributed by atoms with van der Waals surface area (Å²) in [5.41, 5.74) is 8.17. The van der Waals surface area contributed by atoms with Crippen molar-refractivity contribution in [3.8, 4) is 0 Å². The maximum absolute atomic E-state index is 9.63. The molecule has 2 saturated heterocycles. The highest BCUT2D eigenvalue weighted by Crippen LogP contribution is 2.22. The van der Waals surface area contributed by atoms with Gasteiger partial charge in [0.2, 0.25) is 0 Å². The standard InChI is InChI=1S/C15H23N3O2/c16-15-2-1-12(7-11-4-6-20-10-11)14(17-15)9-18-5-3-13(19)8-18/h1-2,11,13,19H,3-10H2,(H2,16,17)/t11?,13-/m1/s1. The van der Waals surface area contributed by atoms with E-state index in [4.69, 9.17) is 10.5 Å². The Labute approximate surface area is 119 Å². The summed E-state index contributed by atoms with van der Waals surface area (Å²) in [7, 11) is 0. The van der Waals surface area contributed by atoms with Gasteiger partial charge in [0.1, 0.15) is 5.82 Å². The first-order valence-corrected chi connectivity index (χ1v) is 7.43. The van der Waals surface area contributed by atoms with Crippen LogP contribution >= 0.6 is 0 Å². The van der Waals surface area contributed by atoms with Gasteiger partial charge in [0, 0.05) is 32.8 Å². The zero-order chi connectivity index (χ0) is 13.9. The number of aromatic nitrogens is 1. The third-order valence-electron chi connectivity index (χ3n) is 4.24. The van der Waals surface area contributed by atoms with Crippen LogP contribution in [0, 0.1) is 5.92 Å². The summed E-state index contributed by atoms with van der Waals surface area (Å²) in [6, 6.07) is 3.98. The van der Waals surface area contributed by atoms with Crippen molar-refractivity contribution in [3.05, 3.63) is 23.4 Å². The largest absolute Gasteiger partial charge is 0.392 e. The molecule has 3 rings (SSSR count). The number of rotatable bonds is 4. The van der Waals surface area contributed by atoms with Gasteiger partial charge >= 0.3 is 0 Å². The molecular formula is C15H23N3O2. The van der Waals surface area contributed by atoms with Gasteiger partial charge in [-0.2, -0.15) is 0 Å². The number of likely N-dealkylation sites (tertiary alicyclic amines) is 1. The lowest BCUT2D eigenvalue weighted by atomic mass is 9.97. The lowest BCUT2D eigenvalue weighted by Crippen LogP contribution is -2.23. The Kier molecular flexibility index (Phi) is 4.19. The fourth-order valence-corrected chi connectivity index (χ4v) is 3.09.